The summed E-state index contributed by atoms with van der Waals surface area (Å²) in [4.78, 5) is 11.1. The van der Waals surface area contributed by atoms with Crippen LogP contribution in [0.3, 0.4) is 0 Å². The van der Waals surface area contributed by atoms with E-state index in [1.807, 2.05) is 13.8 Å². The Kier molecular flexibility index (Phi) is 4.96. The van der Waals surface area contributed by atoms with Gasteiger partial charge < -0.3 is 10.9 Å². The maximum Gasteiger partial charge on any atom is 0.283 e. The second kappa shape index (κ2) is 6.25. The van der Waals surface area contributed by atoms with Crippen molar-refractivity contribution in [2.75, 3.05) is 0 Å². The summed E-state index contributed by atoms with van der Waals surface area (Å²) in [5.74, 6) is -0.141. The van der Waals surface area contributed by atoms with Crippen molar-refractivity contribution in [3.05, 3.63) is 33.9 Å². The van der Waals surface area contributed by atoms with Crippen molar-refractivity contribution < 1.29 is 10.1 Å². The van der Waals surface area contributed by atoms with Gasteiger partial charge in [0.2, 0.25) is 0 Å². The molecule has 0 bridgehead atoms. The summed E-state index contributed by atoms with van der Waals surface area (Å²) in [5.41, 5.74) is 5.72. The average Bonchev–Trinajstić information content (AvgIpc) is 2.37. The van der Waals surface area contributed by atoms with Crippen LogP contribution in [0.4, 0.5) is 5.69 Å². The summed E-state index contributed by atoms with van der Waals surface area (Å²) in [5, 5.41) is 22.7. The number of amidine groups is 1. The van der Waals surface area contributed by atoms with Crippen molar-refractivity contribution in [2.24, 2.45) is 10.9 Å². The predicted molar refractivity (Wildman–Crippen MR) is 71.2 cm³/mol. The minimum atomic E-state index is -0.459. The number of nitrogens with two attached hydrogens (primary N) is 1. The van der Waals surface area contributed by atoms with Crippen molar-refractivity contribution >= 4 is 23.3 Å². The number of oxime groups is 1. The van der Waals surface area contributed by atoms with Gasteiger partial charge in [-0.1, -0.05) is 19.0 Å². The lowest BCUT2D eigenvalue weighted by Crippen LogP contribution is -2.13. The van der Waals surface area contributed by atoms with Gasteiger partial charge in [0, 0.05) is 16.9 Å². The molecule has 18 heavy (non-hydrogen) atoms. The van der Waals surface area contributed by atoms with Gasteiger partial charge in [-0.05, 0) is 18.6 Å². The minimum absolute atomic E-state index is 0.0237. The van der Waals surface area contributed by atoms with Gasteiger partial charge in [-0.15, -0.1) is 11.8 Å². The van der Waals surface area contributed by atoms with Crippen molar-refractivity contribution in [3.8, 4) is 0 Å². The van der Waals surface area contributed by atoms with E-state index in [1.165, 1.54) is 17.8 Å². The van der Waals surface area contributed by atoms with Gasteiger partial charge in [-0.3, -0.25) is 10.1 Å². The molecule has 0 aromatic heterocycles. The molecule has 3 N–H and O–H groups in total. The van der Waals surface area contributed by atoms with Crippen LogP contribution in [0.15, 0.2) is 28.3 Å². The zero-order chi connectivity index (χ0) is 13.7. The topological polar surface area (TPSA) is 102 Å². The van der Waals surface area contributed by atoms with E-state index in [0.29, 0.717) is 15.7 Å². The fraction of sp³-hybridized carbons (Fsp3) is 0.364. The van der Waals surface area contributed by atoms with E-state index in [1.54, 1.807) is 12.1 Å². The SMILES string of the molecule is CCC(C)Sc1ccc(/C(N)=N\O)cc1[N+](=O)[O-]. The molecule has 1 rings (SSSR count). The molecule has 1 unspecified atom stereocenters. The number of rotatable bonds is 5. The fourth-order valence-electron chi connectivity index (χ4n) is 1.28. The molecule has 0 fully saturated rings. The molecule has 0 heterocycles. The van der Waals surface area contributed by atoms with E-state index < -0.39 is 4.92 Å². The number of nitro benzene ring substituents is 1. The van der Waals surface area contributed by atoms with Crippen molar-refractivity contribution in [2.45, 2.75) is 30.4 Å². The third-order valence-corrected chi connectivity index (χ3v) is 3.80. The summed E-state index contributed by atoms with van der Waals surface area (Å²) >= 11 is 1.44. The molecule has 0 aliphatic heterocycles. The average molecular weight is 269 g/mol. The number of hydrogen-bond acceptors (Lipinski definition) is 5. The Labute approximate surface area is 109 Å². The molecule has 0 radical (unpaired) electrons. The molecule has 7 heteroatoms. The molecule has 6 nitrogen and oxygen atoms in total. The highest BCUT2D eigenvalue weighted by atomic mass is 32.2. The van der Waals surface area contributed by atoms with Gasteiger partial charge >= 0.3 is 0 Å². The predicted octanol–water partition coefficient (Wildman–Crippen LogP) is 2.58. The first-order valence-corrected chi connectivity index (χ1v) is 6.30. The second-order valence-electron chi connectivity index (χ2n) is 3.76. The molecule has 1 aromatic rings. The van der Waals surface area contributed by atoms with Gasteiger partial charge in [0.15, 0.2) is 5.84 Å². The Bertz CT molecular complexity index is 477. The summed E-state index contributed by atoms with van der Waals surface area (Å²) in [7, 11) is 0. The van der Waals surface area contributed by atoms with Crippen LogP contribution in [0, 0.1) is 10.1 Å². The van der Waals surface area contributed by atoms with Gasteiger partial charge in [-0.25, -0.2) is 0 Å². The van der Waals surface area contributed by atoms with Crippen LogP contribution in [0.5, 0.6) is 0 Å². The zero-order valence-corrected chi connectivity index (χ0v) is 11.0. The minimum Gasteiger partial charge on any atom is -0.409 e. The third kappa shape index (κ3) is 3.36. The molecule has 0 amide bonds. The van der Waals surface area contributed by atoms with Crippen molar-refractivity contribution in [3.63, 3.8) is 0 Å². The lowest BCUT2D eigenvalue weighted by molar-refractivity contribution is -0.387. The largest absolute Gasteiger partial charge is 0.409 e. The molecule has 98 valence electrons. The quantitative estimate of drug-likeness (QED) is 0.213. The van der Waals surface area contributed by atoms with Crippen molar-refractivity contribution in [1.29, 1.82) is 0 Å². The Morgan fingerprint density at radius 2 is 2.33 bits per heavy atom. The van der Waals surface area contributed by atoms with Crippen LogP contribution in [-0.2, 0) is 0 Å². The Morgan fingerprint density at radius 1 is 1.67 bits per heavy atom. The van der Waals surface area contributed by atoms with Crippen LogP contribution in [0.1, 0.15) is 25.8 Å². The van der Waals surface area contributed by atoms with E-state index in [9.17, 15) is 10.1 Å². The number of thioether (sulfide) groups is 1. The Morgan fingerprint density at radius 3 is 2.83 bits per heavy atom. The molecule has 1 aromatic carbocycles. The third-order valence-electron chi connectivity index (χ3n) is 2.46. The van der Waals surface area contributed by atoms with Crippen LogP contribution in [0.25, 0.3) is 0 Å². The molecule has 0 aliphatic carbocycles. The van der Waals surface area contributed by atoms with Crippen LogP contribution in [-0.4, -0.2) is 21.2 Å². The van der Waals surface area contributed by atoms with Crippen LogP contribution >= 0.6 is 11.8 Å². The Hall–Kier alpha value is -1.76. The number of nitrogens with zero attached hydrogens (tertiary/aromatic N) is 2. The molecule has 0 spiro atoms. The van der Waals surface area contributed by atoms with Crippen LogP contribution < -0.4 is 5.73 Å². The zero-order valence-electron chi connectivity index (χ0n) is 10.2. The standard InChI is InChI=1S/C11H15N3O3S/c1-3-7(2)18-10-5-4-8(11(12)13-15)6-9(10)14(16)17/h4-7,15H,3H2,1-2H3,(H2,12,13). The highest BCUT2D eigenvalue weighted by Crippen LogP contribution is 2.33. The first-order valence-electron chi connectivity index (χ1n) is 5.42. The maximum absolute atomic E-state index is 11.0. The first kappa shape index (κ1) is 14.3. The number of benzene rings is 1. The lowest BCUT2D eigenvalue weighted by Gasteiger charge is -2.09. The molecular weight excluding hydrogens is 254 g/mol. The summed E-state index contributed by atoms with van der Waals surface area (Å²) in [6.45, 7) is 4.03. The summed E-state index contributed by atoms with van der Waals surface area (Å²) < 4.78 is 0. The van der Waals surface area contributed by atoms with E-state index in [2.05, 4.69) is 5.16 Å². The maximum atomic E-state index is 11.0. The van der Waals surface area contributed by atoms with E-state index >= 15 is 0 Å². The highest BCUT2D eigenvalue weighted by Gasteiger charge is 2.18. The van der Waals surface area contributed by atoms with Gasteiger partial charge in [0.25, 0.3) is 5.69 Å². The van der Waals surface area contributed by atoms with Gasteiger partial charge in [-0.2, -0.15) is 0 Å². The molecule has 0 aliphatic rings. The summed E-state index contributed by atoms with van der Waals surface area (Å²) in [6.07, 6.45) is 0.920. The highest BCUT2D eigenvalue weighted by molar-refractivity contribution is 8.00. The molecule has 1 atom stereocenters. The molecule has 0 saturated heterocycles. The lowest BCUT2D eigenvalue weighted by atomic mass is 10.2. The fourth-order valence-corrected chi connectivity index (χ4v) is 2.28. The Balaban J connectivity index is 3.16. The van der Waals surface area contributed by atoms with E-state index in [0.717, 1.165) is 6.42 Å². The molecular formula is C11H15N3O3S. The number of hydrogen-bond donors (Lipinski definition) is 2. The van der Waals surface area contributed by atoms with Crippen molar-refractivity contribution in [1.82, 2.24) is 0 Å². The van der Waals surface area contributed by atoms with Gasteiger partial charge in [0.05, 0.1) is 9.82 Å². The monoisotopic (exact) mass is 269 g/mol. The smallest absolute Gasteiger partial charge is 0.283 e. The molecule has 0 saturated carbocycles. The van der Waals surface area contributed by atoms with E-state index in [4.69, 9.17) is 10.9 Å². The second-order valence-corrected chi connectivity index (χ2v) is 5.24. The summed E-state index contributed by atoms with van der Waals surface area (Å²) in [6, 6.07) is 4.55. The first-order chi connectivity index (χ1) is 8.49. The van der Waals surface area contributed by atoms with E-state index in [-0.39, 0.29) is 11.5 Å². The van der Waals surface area contributed by atoms with Gasteiger partial charge in [0.1, 0.15) is 0 Å². The van der Waals surface area contributed by atoms with Crippen LogP contribution in [0.2, 0.25) is 0 Å². The number of nitro groups is 1. The normalized spacial score (nSPS) is 13.3.